The zero-order valence-electron chi connectivity index (χ0n) is 8.87. The van der Waals surface area contributed by atoms with Gasteiger partial charge in [-0.2, -0.15) is 10.2 Å². The SMILES string of the molecule is O[C@H]1CCN(c2cnnc3ccccc23)C1. The van der Waals surface area contributed by atoms with E-state index in [1.807, 2.05) is 24.3 Å². The first-order valence-electron chi connectivity index (χ1n) is 5.48. The third kappa shape index (κ3) is 1.51. The van der Waals surface area contributed by atoms with Crippen LogP contribution in [0.5, 0.6) is 0 Å². The van der Waals surface area contributed by atoms with Crippen LogP contribution in [-0.4, -0.2) is 34.5 Å². The number of aromatic nitrogens is 2. The van der Waals surface area contributed by atoms with Gasteiger partial charge in [-0.15, -0.1) is 0 Å². The fourth-order valence-corrected chi connectivity index (χ4v) is 2.21. The Labute approximate surface area is 93.5 Å². The number of β-amino-alcohol motifs (C(OH)–C–C–N with tert-alkyl or cyclic N) is 1. The standard InChI is InChI=1S/C12H13N3O/c16-9-5-6-15(8-9)12-7-13-14-11-4-2-1-3-10(11)12/h1-4,7,9,16H,5-6,8H2/t9-/m0/s1. The topological polar surface area (TPSA) is 49.2 Å². The van der Waals surface area contributed by atoms with Crippen LogP contribution in [-0.2, 0) is 0 Å². The minimum absolute atomic E-state index is 0.216. The van der Waals surface area contributed by atoms with Gasteiger partial charge in [0.1, 0.15) is 0 Å². The smallest absolute Gasteiger partial charge is 0.0950 e. The summed E-state index contributed by atoms with van der Waals surface area (Å²) in [6.07, 6.45) is 2.39. The Morgan fingerprint density at radius 1 is 1.31 bits per heavy atom. The Morgan fingerprint density at radius 2 is 2.19 bits per heavy atom. The Hall–Kier alpha value is -1.68. The van der Waals surface area contributed by atoms with Gasteiger partial charge in [-0.25, -0.2) is 0 Å². The average Bonchev–Trinajstić information content (AvgIpc) is 2.75. The number of fused-ring (bicyclic) bond motifs is 1. The lowest BCUT2D eigenvalue weighted by atomic mass is 10.2. The first kappa shape index (κ1) is 9.54. The quantitative estimate of drug-likeness (QED) is 0.776. The van der Waals surface area contributed by atoms with Crippen molar-refractivity contribution in [3.05, 3.63) is 30.5 Å². The molecule has 1 N–H and O–H groups in total. The van der Waals surface area contributed by atoms with Gasteiger partial charge in [0.2, 0.25) is 0 Å². The third-order valence-corrected chi connectivity index (χ3v) is 3.03. The number of nitrogens with zero attached hydrogens (tertiary/aromatic N) is 3. The molecule has 0 radical (unpaired) electrons. The van der Waals surface area contributed by atoms with E-state index in [9.17, 15) is 5.11 Å². The van der Waals surface area contributed by atoms with Crippen LogP contribution in [0.15, 0.2) is 30.5 Å². The second-order valence-corrected chi connectivity index (χ2v) is 4.14. The molecule has 0 bridgehead atoms. The van der Waals surface area contributed by atoms with E-state index >= 15 is 0 Å². The van der Waals surface area contributed by atoms with Crippen molar-refractivity contribution in [2.24, 2.45) is 0 Å². The van der Waals surface area contributed by atoms with Gasteiger partial charge in [-0.05, 0) is 12.5 Å². The van der Waals surface area contributed by atoms with Crippen LogP contribution in [0, 0.1) is 0 Å². The molecule has 2 aromatic rings. The average molecular weight is 215 g/mol. The molecule has 3 rings (SSSR count). The zero-order chi connectivity index (χ0) is 11.0. The summed E-state index contributed by atoms with van der Waals surface area (Å²) in [6, 6.07) is 7.96. The number of anilines is 1. The lowest BCUT2D eigenvalue weighted by Gasteiger charge is -2.18. The molecule has 1 aromatic carbocycles. The maximum absolute atomic E-state index is 9.56. The summed E-state index contributed by atoms with van der Waals surface area (Å²) in [4.78, 5) is 2.17. The van der Waals surface area contributed by atoms with Crippen molar-refractivity contribution in [1.82, 2.24) is 10.2 Å². The zero-order valence-corrected chi connectivity index (χ0v) is 8.87. The van der Waals surface area contributed by atoms with Crippen LogP contribution in [0.25, 0.3) is 10.9 Å². The molecule has 1 aliphatic rings. The fraction of sp³-hybridized carbons (Fsp3) is 0.333. The van der Waals surface area contributed by atoms with Crippen molar-refractivity contribution in [1.29, 1.82) is 0 Å². The molecular weight excluding hydrogens is 202 g/mol. The molecular formula is C12H13N3O. The first-order valence-corrected chi connectivity index (χ1v) is 5.48. The fourth-order valence-electron chi connectivity index (χ4n) is 2.21. The van der Waals surface area contributed by atoms with E-state index < -0.39 is 0 Å². The van der Waals surface area contributed by atoms with Crippen LogP contribution in [0.2, 0.25) is 0 Å². The molecule has 0 amide bonds. The van der Waals surface area contributed by atoms with Gasteiger partial charge in [0, 0.05) is 18.5 Å². The highest BCUT2D eigenvalue weighted by atomic mass is 16.3. The van der Waals surface area contributed by atoms with E-state index in [4.69, 9.17) is 0 Å². The van der Waals surface area contributed by atoms with Crippen LogP contribution in [0.3, 0.4) is 0 Å². The summed E-state index contributed by atoms with van der Waals surface area (Å²) in [5.41, 5.74) is 1.98. The Kier molecular flexibility index (Phi) is 2.22. The van der Waals surface area contributed by atoms with Gasteiger partial charge in [0.25, 0.3) is 0 Å². The molecule has 4 nitrogen and oxygen atoms in total. The minimum atomic E-state index is -0.216. The molecule has 0 saturated carbocycles. The molecule has 0 spiro atoms. The number of hydrogen-bond acceptors (Lipinski definition) is 4. The van der Waals surface area contributed by atoms with Gasteiger partial charge < -0.3 is 10.0 Å². The van der Waals surface area contributed by atoms with Crippen LogP contribution in [0.1, 0.15) is 6.42 Å². The monoisotopic (exact) mass is 215 g/mol. The lowest BCUT2D eigenvalue weighted by molar-refractivity contribution is 0.198. The van der Waals surface area contributed by atoms with Crippen molar-refractivity contribution in [2.45, 2.75) is 12.5 Å². The van der Waals surface area contributed by atoms with Crippen molar-refractivity contribution >= 4 is 16.6 Å². The molecule has 0 aliphatic carbocycles. The summed E-state index contributed by atoms with van der Waals surface area (Å²) in [5.74, 6) is 0. The molecule has 2 heterocycles. The second-order valence-electron chi connectivity index (χ2n) is 4.14. The van der Waals surface area contributed by atoms with E-state index in [-0.39, 0.29) is 6.10 Å². The molecule has 4 heteroatoms. The molecule has 16 heavy (non-hydrogen) atoms. The number of aliphatic hydroxyl groups is 1. The van der Waals surface area contributed by atoms with Crippen molar-refractivity contribution in [3.8, 4) is 0 Å². The summed E-state index contributed by atoms with van der Waals surface area (Å²) in [5, 5.41) is 18.8. The molecule has 1 atom stereocenters. The maximum atomic E-state index is 9.56. The number of rotatable bonds is 1. The predicted molar refractivity (Wildman–Crippen MR) is 62.4 cm³/mol. The number of benzene rings is 1. The van der Waals surface area contributed by atoms with E-state index in [0.29, 0.717) is 6.54 Å². The molecule has 1 aromatic heterocycles. The van der Waals surface area contributed by atoms with Crippen LogP contribution < -0.4 is 4.90 Å². The first-order chi connectivity index (χ1) is 7.84. The Bertz CT molecular complexity index is 509. The Balaban J connectivity index is 2.09. The summed E-state index contributed by atoms with van der Waals surface area (Å²) in [7, 11) is 0. The van der Waals surface area contributed by atoms with Gasteiger partial charge in [-0.3, -0.25) is 0 Å². The number of aliphatic hydroxyl groups excluding tert-OH is 1. The lowest BCUT2D eigenvalue weighted by Crippen LogP contribution is -2.21. The highest BCUT2D eigenvalue weighted by Gasteiger charge is 2.22. The molecule has 1 fully saturated rings. The molecule has 82 valence electrons. The van der Waals surface area contributed by atoms with Crippen molar-refractivity contribution < 1.29 is 5.11 Å². The van der Waals surface area contributed by atoms with Crippen LogP contribution in [0.4, 0.5) is 5.69 Å². The van der Waals surface area contributed by atoms with Crippen LogP contribution >= 0.6 is 0 Å². The van der Waals surface area contributed by atoms with Gasteiger partial charge in [0.05, 0.1) is 23.5 Å². The maximum Gasteiger partial charge on any atom is 0.0950 e. The van der Waals surface area contributed by atoms with E-state index in [1.165, 1.54) is 0 Å². The summed E-state index contributed by atoms with van der Waals surface area (Å²) < 4.78 is 0. The largest absolute Gasteiger partial charge is 0.391 e. The molecule has 1 saturated heterocycles. The summed E-state index contributed by atoms with van der Waals surface area (Å²) >= 11 is 0. The normalized spacial score (nSPS) is 20.6. The van der Waals surface area contributed by atoms with Crippen molar-refractivity contribution in [2.75, 3.05) is 18.0 Å². The van der Waals surface area contributed by atoms with Gasteiger partial charge >= 0.3 is 0 Å². The highest BCUT2D eigenvalue weighted by Crippen LogP contribution is 2.26. The van der Waals surface area contributed by atoms with Crippen molar-refractivity contribution in [3.63, 3.8) is 0 Å². The van der Waals surface area contributed by atoms with Gasteiger partial charge in [-0.1, -0.05) is 18.2 Å². The minimum Gasteiger partial charge on any atom is -0.391 e. The summed E-state index contributed by atoms with van der Waals surface area (Å²) in [6.45, 7) is 1.58. The second kappa shape index (κ2) is 3.72. The van der Waals surface area contributed by atoms with Gasteiger partial charge in [0.15, 0.2) is 0 Å². The Morgan fingerprint density at radius 3 is 3.00 bits per heavy atom. The van der Waals surface area contributed by atoms with E-state index in [1.54, 1.807) is 6.20 Å². The predicted octanol–water partition coefficient (Wildman–Crippen LogP) is 1.20. The molecule has 1 aliphatic heterocycles. The highest BCUT2D eigenvalue weighted by molar-refractivity contribution is 5.90. The molecule has 0 unspecified atom stereocenters. The number of hydrogen-bond donors (Lipinski definition) is 1. The van der Waals surface area contributed by atoms with E-state index in [2.05, 4.69) is 15.1 Å². The third-order valence-electron chi connectivity index (χ3n) is 3.03. The van der Waals surface area contributed by atoms with E-state index in [0.717, 1.165) is 29.6 Å².